The van der Waals surface area contributed by atoms with Crippen LogP contribution < -0.4 is 4.90 Å². The van der Waals surface area contributed by atoms with E-state index in [1.807, 2.05) is 6.07 Å². The molecule has 0 radical (unpaired) electrons. The van der Waals surface area contributed by atoms with Crippen molar-refractivity contribution in [1.82, 2.24) is 0 Å². The Morgan fingerprint density at radius 3 is 2.67 bits per heavy atom. The predicted molar refractivity (Wildman–Crippen MR) is 62.7 cm³/mol. The van der Waals surface area contributed by atoms with Crippen molar-refractivity contribution in [3.63, 3.8) is 0 Å². The van der Waals surface area contributed by atoms with Crippen molar-refractivity contribution in [2.75, 3.05) is 4.90 Å². The second-order valence-corrected chi connectivity index (χ2v) is 4.62. The van der Waals surface area contributed by atoms with Crippen LogP contribution in [-0.4, -0.2) is 17.9 Å². The van der Waals surface area contributed by atoms with Crippen molar-refractivity contribution >= 4 is 23.2 Å². The van der Waals surface area contributed by atoms with Crippen molar-refractivity contribution in [3.8, 4) is 6.07 Å². The second-order valence-electron chi connectivity index (χ2n) is 4.21. The zero-order valence-electron chi connectivity index (χ0n) is 9.45. The number of nitrogens with zero attached hydrogens (tertiary/aromatic N) is 2. The molecule has 1 aliphatic rings. The van der Waals surface area contributed by atoms with E-state index >= 15 is 0 Å². The van der Waals surface area contributed by atoms with Gasteiger partial charge < -0.3 is 4.90 Å². The monoisotopic (exact) mass is 270 g/mol. The van der Waals surface area contributed by atoms with E-state index in [2.05, 4.69) is 0 Å². The minimum absolute atomic E-state index is 0.144. The molecule has 2 rings (SSSR count). The van der Waals surface area contributed by atoms with Gasteiger partial charge in [-0.1, -0.05) is 11.6 Å². The molecule has 0 aromatic heterocycles. The Hall–Kier alpha value is -1.67. The van der Waals surface area contributed by atoms with Crippen LogP contribution in [0.5, 0.6) is 0 Å². The largest absolute Gasteiger partial charge is 0.327 e. The fraction of sp³-hybridized carbons (Fsp3) is 0.333. The first kappa shape index (κ1) is 12.8. The summed E-state index contributed by atoms with van der Waals surface area (Å²) >= 11 is 5.83. The maximum absolute atomic E-state index is 13.3. The van der Waals surface area contributed by atoms with Gasteiger partial charge in [0, 0.05) is 18.2 Å². The Kier molecular flexibility index (Phi) is 2.99. The fourth-order valence-corrected chi connectivity index (χ4v) is 2.26. The number of alkyl halides is 2. The SMILES string of the molecule is C[C@H]1CC(F)(F)C(=O)N1c1ccc(C#N)c(Cl)c1. The highest BCUT2D eigenvalue weighted by molar-refractivity contribution is 6.32. The van der Waals surface area contributed by atoms with Crippen LogP contribution in [0.2, 0.25) is 5.02 Å². The minimum Gasteiger partial charge on any atom is -0.304 e. The summed E-state index contributed by atoms with van der Waals surface area (Å²) in [5.41, 5.74) is 0.528. The van der Waals surface area contributed by atoms with E-state index in [0.29, 0.717) is 0 Å². The molecule has 1 aromatic rings. The molecule has 1 saturated heterocycles. The Morgan fingerprint density at radius 1 is 1.56 bits per heavy atom. The zero-order valence-corrected chi connectivity index (χ0v) is 10.2. The lowest BCUT2D eigenvalue weighted by molar-refractivity contribution is -0.137. The fourth-order valence-electron chi connectivity index (χ4n) is 2.04. The van der Waals surface area contributed by atoms with E-state index in [1.54, 1.807) is 6.92 Å². The molecule has 0 saturated carbocycles. The molecule has 0 N–H and O–H groups in total. The summed E-state index contributed by atoms with van der Waals surface area (Å²) in [6.45, 7) is 1.55. The van der Waals surface area contributed by atoms with E-state index < -0.39 is 24.3 Å². The first-order valence-corrected chi connectivity index (χ1v) is 5.66. The third-order valence-corrected chi connectivity index (χ3v) is 3.19. The molecule has 1 heterocycles. The third kappa shape index (κ3) is 1.93. The van der Waals surface area contributed by atoms with Gasteiger partial charge in [-0.3, -0.25) is 4.79 Å². The first-order chi connectivity index (χ1) is 8.36. The number of carbonyl (C=O) groups is 1. The summed E-state index contributed by atoms with van der Waals surface area (Å²) in [6, 6.07) is 5.48. The van der Waals surface area contributed by atoms with Gasteiger partial charge in [-0.2, -0.15) is 14.0 Å². The normalized spacial score (nSPS) is 22.1. The molecule has 1 aromatic carbocycles. The number of amides is 1. The number of carbonyl (C=O) groups excluding carboxylic acids is 1. The molecule has 1 amide bonds. The molecule has 0 aliphatic carbocycles. The van der Waals surface area contributed by atoms with Crippen LogP contribution in [0, 0.1) is 11.3 Å². The van der Waals surface area contributed by atoms with E-state index in [4.69, 9.17) is 16.9 Å². The quantitative estimate of drug-likeness (QED) is 0.787. The van der Waals surface area contributed by atoms with Gasteiger partial charge in [0.1, 0.15) is 6.07 Å². The molecular weight excluding hydrogens is 262 g/mol. The van der Waals surface area contributed by atoms with Crippen molar-refractivity contribution in [2.24, 2.45) is 0 Å². The van der Waals surface area contributed by atoms with Gasteiger partial charge in [0.15, 0.2) is 0 Å². The van der Waals surface area contributed by atoms with Gasteiger partial charge in [0.05, 0.1) is 10.6 Å². The van der Waals surface area contributed by atoms with Crippen LogP contribution in [0.25, 0.3) is 0 Å². The zero-order chi connectivity index (χ0) is 13.5. The minimum atomic E-state index is -3.33. The van der Waals surface area contributed by atoms with Gasteiger partial charge in [0.25, 0.3) is 5.91 Å². The molecule has 0 spiro atoms. The molecular formula is C12H9ClF2N2O. The molecule has 6 heteroatoms. The van der Waals surface area contributed by atoms with Gasteiger partial charge >= 0.3 is 5.92 Å². The van der Waals surface area contributed by atoms with Gasteiger partial charge in [-0.15, -0.1) is 0 Å². The summed E-state index contributed by atoms with van der Waals surface area (Å²) in [4.78, 5) is 12.6. The summed E-state index contributed by atoms with van der Waals surface area (Å²) in [5, 5.41) is 8.87. The number of anilines is 1. The van der Waals surface area contributed by atoms with E-state index in [1.165, 1.54) is 18.2 Å². The molecule has 0 bridgehead atoms. The van der Waals surface area contributed by atoms with E-state index in [9.17, 15) is 13.6 Å². The topological polar surface area (TPSA) is 44.1 Å². The molecule has 18 heavy (non-hydrogen) atoms. The highest BCUT2D eigenvalue weighted by atomic mass is 35.5. The van der Waals surface area contributed by atoms with Gasteiger partial charge in [-0.05, 0) is 25.1 Å². The van der Waals surface area contributed by atoms with Crippen molar-refractivity contribution in [2.45, 2.75) is 25.3 Å². The molecule has 94 valence electrons. The molecule has 0 unspecified atom stereocenters. The average molecular weight is 271 g/mol. The highest BCUT2D eigenvalue weighted by Crippen LogP contribution is 2.37. The second kappa shape index (κ2) is 4.21. The molecule has 1 aliphatic heterocycles. The summed E-state index contributed by atoms with van der Waals surface area (Å²) in [5.74, 6) is -4.56. The summed E-state index contributed by atoms with van der Waals surface area (Å²) < 4.78 is 26.6. The van der Waals surface area contributed by atoms with Crippen LogP contribution in [0.3, 0.4) is 0 Å². The standard InChI is InChI=1S/C12H9ClF2N2O/c1-7-5-12(14,15)11(18)17(7)9-3-2-8(6-16)10(13)4-9/h2-4,7H,5H2,1H3/t7-/m0/s1. The van der Waals surface area contributed by atoms with Crippen molar-refractivity contribution < 1.29 is 13.6 Å². The third-order valence-electron chi connectivity index (χ3n) is 2.88. The molecule has 1 atom stereocenters. The number of benzene rings is 1. The average Bonchev–Trinajstić information content (AvgIpc) is 2.48. The Bertz CT molecular complexity index is 553. The lowest BCUT2D eigenvalue weighted by atomic mass is 10.2. The first-order valence-electron chi connectivity index (χ1n) is 5.28. The smallest absolute Gasteiger partial charge is 0.304 e. The maximum Gasteiger partial charge on any atom is 0.327 e. The predicted octanol–water partition coefficient (Wildman–Crippen LogP) is 2.97. The summed E-state index contributed by atoms with van der Waals surface area (Å²) in [7, 11) is 0. The van der Waals surface area contributed by atoms with Crippen LogP contribution in [-0.2, 0) is 4.79 Å². The Morgan fingerprint density at radius 2 is 2.22 bits per heavy atom. The van der Waals surface area contributed by atoms with Gasteiger partial charge in [0.2, 0.25) is 0 Å². The number of nitriles is 1. The van der Waals surface area contributed by atoms with Crippen molar-refractivity contribution in [1.29, 1.82) is 5.26 Å². The number of rotatable bonds is 1. The van der Waals surface area contributed by atoms with Crippen LogP contribution >= 0.6 is 11.6 Å². The van der Waals surface area contributed by atoms with E-state index in [0.717, 1.165) is 4.90 Å². The summed E-state index contributed by atoms with van der Waals surface area (Å²) in [6.07, 6.45) is -0.510. The van der Waals surface area contributed by atoms with Crippen LogP contribution in [0.15, 0.2) is 18.2 Å². The Labute approximate surface area is 108 Å². The van der Waals surface area contributed by atoms with Crippen LogP contribution in [0.4, 0.5) is 14.5 Å². The van der Waals surface area contributed by atoms with Crippen LogP contribution in [0.1, 0.15) is 18.9 Å². The maximum atomic E-state index is 13.3. The lowest BCUT2D eigenvalue weighted by Crippen LogP contribution is -2.35. The Balaban J connectivity index is 2.42. The molecule has 1 fully saturated rings. The van der Waals surface area contributed by atoms with Crippen molar-refractivity contribution in [3.05, 3.63) is 28.8 Å². The lowest BCUT2D eigenvalue weighted by Gasteiger charge is -2.21. The highest BCUT2D eigenvalue weighted by Gasteiger charge is 2.52. The van der Waals surface area contributed by atoms with E-state index in [-0.39, 0.29) is 16.3 Å². The molecule has 3 nitrogen and oxygen atoms in total. The van der Waals surface area contributed by atoms with Gasteiger partial charge in [-0.25, -0.2) is 0 Å². The number of hydrogen-bond donors (Lipinski definition) is 0. The number of halogens is 3. The number of hydrogen-bond acceptors (Lipinski definition) is 2.